The molecule has 0 heterocycles. The minimum absolute atomic E-state index is 1.06. The first-order valence-electron chi connectivity index (χ1n) is 5.94. The van der Waals surface area contributed by atoms with Crippen LogP contribution in [0.15, 0.2) is 71.9 Å². The Morgan fingerprint density at radius 2 is 1.06 bits per heavy atom. The van der Waals surface area contributed by atoms with E-state index in [0.717, 1.165) is 12.8 Å². The van der Waals surface area contributed by atoms with E-state index < -0.39 is 0 Å². The van der Waals surface area contributed by atoms with Crippen LogP contribution in [-0.2, 0) is 0 Å². The lowest BCUT2D eigenvalue weighted by Crippen LogP contribution is -1.75. The summed E-state index contributed by atoms with van der Waals surface area (Å²) in [6.07, 6.45) is 23.3. The molecule has 84 valence electrons. The quantitative estimate of drug-likeness (QED) is 0.611. The van der Waals surface area contributed by atoms with E-state index in [-0.39, 0.29) is 0 Å². The van der Waals surface area contributed by atoms with Crippen LogP contribution in [0.3, 0.4) is 0 Å². The van der Waals surface area contributed by atoms with E-state index in [0.29, 0.717) is 0 Å². The van der Waals surface area contributed by atoms with Crippen molar-refractivity contribution in [2.24, 2.45) is 0 Å². The van der Waals surface area contributed by atoms with Gasteiger partial charge in [-0.2, -0.15) is 0 Å². The van der Waals surface area contributed by atoms with Crippen LogP contribution in [-0.4, -0.2) is 0 Å². The summed E-state index contributed by atoms with van der Waals surface area (Å²) in [6, 6.07) is 0. The van der Waals surface area contributed by atoms with Gasteiger partial charge in [-0.1, -0.05) is 74.6 Å². The molecular formula is C16H20. The Morgan fingerprint density at radius 1 is 0.625 bits per heavy atom. The van der Waals surface area contributed by atoms with Crippen molar-refractivity contribution < 1.29 is 0 Å². The van der Waals surface area contributed by atoms with Crippen LogP contribution < -0.4 is 0 Å². The van der Waals surface area contributed by atoms with Crippen molar-refractivity contribution in [1.82, 2.24) is 0 Å². The summed E-state index contributed by atoms with van der Waals surface area (Å²) in [5.74, 6) is 0. The second kappa shape index (κ2) is 7.70. The molecule has 0 aromatic heterocycles. The molecule has 16 heavy (non-hydrogen) atoms. The van der Waals surface area contributed by atoms with Gasteiger partial charge in [0, 0.05) is 0 Å². The number of hydrogen-bond donors (Lipinski definition) is 0. The van der Waals surface area contributed by atoms with Crippen molar-refractivity contribution >= 4 is 0 Å². The highest BCUT2D eigenvalue weighted by atomic mass is 13.9. The normalized spacial score (nSPS) is 16.4. The zero-order chi connectivity index (χ0) is 11.6. The summed E-state index contributed by atoms with van der Waals surface area (Å²) in [5.41, 5.74) is 2.69. The lowest BCUT2D eigenvalue weighted by Gasteiger charge is -1.95. The van der Waals surface area contributed by atoms with E-state index >= 15 is 0 Å². The number of rotatable bonds is 2. The van der Waals surface area contributed by atoms with Crippen molar-refractivity contribution in [3.05, 3.63) is 71.9 Å². The Morgan fingerprint density at radius 3 is 1.44 bits per heavy atom. The van der Waals surface area contributed by atoms with Crippen LogP contribution in [0, 0.1) is 0 Å². The maximum absolute atomic E-state index is 2.17. The topological polar surface area (TPSA) is 0 Å². The molecule has 0 aliphatic heterocycles. The molecule has 0 N–H and O–H groups in total. The summed E-state index contributed by atoms with van der Waals surface area (Å²) in [4.78, 5) is 0. The third-order valence-electron chi connectivity index (χ3n) is 2.50. The third kappa shape index (κ3) is 4.79. The molecule has 1 aliphatic carbocycles. The van der Waals surface area contributed by atoms with Crippen molar-refractivity contribution in [3.8, 4) is 0 Å². The molecule has 1 aliphatic rings. The average molecular weight is 212 g/mol. The Balaban J connectivity index is 2.91. The Bertz CT molecular complexity index is 335. The zero-order valence-electron chi connectivity index (χ0n) is 10.2. The monoisotopic (exact) mass is 212 g/mol. The van der Waals surface area contributed by atoms with Gasteiger partial charge in [-0.25, -0.2) is 0 Å². The molecule has 0 radical (unpaired) electrons. The van der Waals surface area contributed by atoms with E-state index in [1.165, 1.54) is 11.1 Å². The molecule has 0 saturated heterocycles. The maximum Gasteiger partial charge on any atom is -0.0307 e. The van der Waals surface area contributed by atoms with Gasteiger partial charge in [-0.3, -0.25) is 0 Å². The van der Waals surface area contributed by atoms with E-state index in [1.54, 1.807) is 0 Å². The molecule has 0 aromatic rings. The molecule has 0 heteroatoms. The smallest absolute Gasteiger partial charge is 0.0307 e. The Kier molecular flexibility index (Phi) is 6.02. The van der Waals surface area contributed by atoms with Crippen molar-refractivity contribution in [1.29, 1.82) is 0 Å². The molecule has 0 fully saturated rings. The fourth-order valence-corrected chi connectivity index (χ4v) is 1.43. The van der Waals surface area contributed by atoms with Gasteiger partial charge in [0.25, 0.3) is 0 Å². The summed E-state index contributed by atoms with van der Waals surface area (Å²) < 4.78 is 0. The lowest BCUT2D eigenvalue weighted by molar-refractivity contribution is 1.15. The molecule has 0 spiro atoms. The second-order valence-electron chi connectivity index (χ2n) is 3.68. The fraction of sp³-hybridized carbons (Fsp3) is 0.250. The molecule has 0 bridgehead atoms. The minimum atomic E-state index is 1.06. The average Bonchev–Trinajstić information content (AvgIpc) is 2.30. The molecule has 0 saturated carbocycles. The van der Waals surface area contributed by atoms with E-state index in [4.69, 9.17) is 0 Å². The first-order chi connectivity index (χ1) is 7.86. The van der Waals surface area contributed by atoms with Crippen LogP contribution in [0.5, 0.6) is 0 Å². The van der Waals surface area contributed by atoms with Crippen molar-refractivity contribution in [2.75, 3.05) is 0 Å². The predicted molar refractivity (Wildman–Crippen MR) is 73.3 cm³/mol. The van der Waals surface area contributed by atoms with E-state index in [9.17, 15) is 0 Å². The molecule has 0 unspecified atom stereocenters. The van der Waals surface area contributed by atoms with Crippen molar-refractivity contribution in [3.63, 3.8) is 0 Å². The Hall–Kier alpha value is -1.56. The number of allylic oxidation sites excluding steroid dienone is 12. The van der Waals surface area contributed by atoms with Crippen LogP contribution >= 0.6 is 0 Å². The maximum atomic E-state index is 2.17. The Labute approximate surface area is 99.1 Å². The van der Waals surface area contributed by atoms with Gasteiger partial charge >= 0.3 is 0 Å². The van der Waals surface area contributed by atoms with Gasteiger partial charge in [0.2, 0.25) is 0 Å². The van der Waals surface area contributed by atoms with Gasteiger partial charge < -0.3 is 0 Å². The largest absolute Gasteiger partial charge is 0.0623 e. The minimum Gasteiger partial charge on any atom is -0.0623 e. The number of hydrogen-bond acceptors (Lipinski definition) is 0. The molecule has 0 atom stereocenters. The molecule has 0 amide bonds. The van der Waals surface area contributed by atoms with Crippen molar-refractivity contribution in [2.45, 2.75) is 26.7 Å². The first-order valence-corrected chi connectivity index (χ1v) is 5.94. The zero-order valence-corrected chi connectivity index (χ0v) is 10.2. The summed E-state index contributed by atoms with van der Waals surface area (Å²) in [6.45, 7) is 4.35. The first kappa shape index (κ1) is 12.5. The fourth-order valence-electron chi connectivity index (χ4n) is 1.43. The summed E-state index contributed by atoms with van der Waals surface area (Å²) in [7, 11) is 0. The predicted octanol–water partition coefficient (Wildman–Crippen LogP) is 4.90. The van der Waals surface area contributed by atoms with Crippen LogP contribution in [0.4, 0.5) is 0 Å². The van der Waals surface area contributed by atoms with Gasteiger partial charge in [-0.15, -0.1) is 0 Å². The highest BCUT2D eigenvalue weighted by Gasteiger charge is 1.86. The summed E-state index contributed by atoms with van der Waals surface area (Å²) >= 11 is 0. The molecule has 1 rings (SSSR count). The molecule has 0 aromatic carbocycles. The van der Waals surface area contributed by atoms with Crippen LogP contribution in [0.2, 0.25) is 0 Å². The standard InChI is InChI=1S/C16H20/c1-3-15-11-7-5-6-8-12-16(4-2)14-10-9-13-15/h5-14H,3-4H2,1-2H3. The van der Waals surface area contributed by atoms with Gasteiger partial charge in [0.1, 0.15) is 0 Å². The van der Waals surface area contributed by atoms with Gasteiger partial charge in [-0.05, 0) is 24.0 Å². The summed E-state index contributed by atoms with van der Waals surface area (Å²) in [5, 5.41) is 0. The van der Waals surface area contributed by atoms with E-state index in [2.05, 4.69) is 74.6 Å². The third-order valence-corrected chi connectivity index (χ3v) is 2.50. The molecule has 0 nitrogen and oxygen atoms in total. The van der Waals surface area contributed by atoms with E-state index in [1.807, 2.05) is 0 Å². The van der Waals surface area contributed by atoms with Crippen LogP contribution in [0.25, 0.3) is 0 Å². The highest BCUT2D eigenvalue weighted by molar-refractivity contribution is 5.32. The SMILES string of the molecule is CCC1=CC=CC=C(CC)C=CC=CC=C1. The van der Waals surface area contributed by atoms with Gasteiger partial charge in [0.15, 0.2) is 0 Å². The highest BCUT2D eigenvalue weighted by Crippen LogP contribution is 2.06. The lowest BCUT2D eigenvalue weighted by atomic mass is 10.1. The second-order valence-corrected chi connectivity index (χ2v) is 3.68. The van der Waals surface area contributed by atoms with Gasteiger partial charge in [0.05, 0.1) is 0 Å². The molecular weight excluding hydrogens is 192 g/mol. The van der Waals surface area contributed by atoms with Crippen LogP contribution in [0.1, 0.15) is 26.7 Å².